The van der Waals surface area contributed by atoms with Crippen LogP contribution in [0.25, 0.3) is 0 Å². The molecule has 3 aliphatic heterocycles. The molecule has 3 heterocycles. The van der Waals surface area contributed by atoms with Gasteiger partial charge in [0.1, 0.15) is 73.2 Å². The monoisotopic (exact) mass is 975 g/mol. The third-order valence-corrected chi connectivity index (χ3v) is 19.7. The number of hydrogen-bond acceptors (Lipinski definition) is 20. The molecular weight excluding hydrogens is 897 g/mol. The summed E-state index contributed by atoms with van der Waals surface area (Å²) in [5.41, 5.74) is -2.24. The van der Waals surface area contributed by atoms with Crippen LogP contribution in [0.5, 0.6) is 0 Å². The number of carbonyl (C=O) groups is 1. The van der Waals surface area contributed by atoms with Gasteiger partial charge in [0, 0.05) is 5.41 Å². The fourth-order valence-corrected chi connectivity index (χ4v) is 15.3. The number of esters is 1. The van der Waals surface area contributed by atoms with Gasteiger partial charge in [0.05, 0.1) is 44.1 Å². The molecule has 0 aromatic heterocycles. The molecule has 0 spiro atoms. The molecule has 0 amide bonds. The molecule has 0 aromatic rings. The van der Waals surface area contributed by atoms with Crippen LogP contribution >= 0.6 is 0 Å². The first-order chi connectivity index (χ1) is 31.9. The van der Waals surface area contributed by atoms with Crippen molar-refractivity contribution >= 4 is 5.97 Å². The fourth-order valence-electron chi connectivity index (χ4n) is 15.3. The molecule has 0 bridgehead atoms. The minimum absolute atomic E-state index is 0.00726. The molecule has 8 aliphatic rings. The highest BCUT2D eigenvalue weighted by Crippen LogP contribution is 2.76. The SMILES string of the molecule is C[C@H]1[C@H]2C3=CC[C@H]4[C@]5(C)C[C@H](O)[C@H](O[C@H]6O[C@H](CO)[C@H](O)[C@@H](O)[C@H]6O)[C@@](C)(CO)[C@@H]5CC[C@]4(C)[C@]3(C)CC[C@@]2(C(=O)O[C@@H]2O[C@@H](CO[C@H]3O[C@@H](CO)[C@@H](O)[C@@H](O)[C@H]3O)[C@@H](O)[C@@H](O)[C@@H]2O)CC[C@@H]1C. The average Bonchev–Trinajstić information content (AvgIpc) is 3.30. The minimum Gasteiger partial charge on any atom is -0.432 e. The number of ether oxygens (including phenoxy) is 6. The Labute approximate surface area is 396 Å². The van der Waals surface area contributed by atoms with Crippen LogP contribution in [0, 0.1) is 56.7 Å². The largest absolute Gasteiger partial charge is 0.432 e. The van der Waals surface area contributed by atoms with E-state index in [-0.39, 0.29) is 41.6 Å². The molecule has 390 valence electrons. The van der Waals surface area contributed by atoms with Crippen molar-refractivity contribution in [3.8, 4) is 0 Å². The number of aliphatic hydroxyl groups excluding tert-OH is 13. The number of aliphatic hydroxyl groups is 13. The van der Waals surface area contributed by atoms with E-state index < -0.39 is 152 Å². The number of hydrogen-bond donors (Lipinski definition) is 13. The van der Waals surface area contributed by atoms with E-state index in [4.69, 9.17) is 28.4 Å². The van der Waals surface area contributed by atoms with E-state index in [1.165, 1.54) is 0 Å². The summed E-state index contributed by atoms with van der Waals surface area (Å²) in [5.74, 6) is -0.796. The van der Waals surface area contributed by atoms with Gasteiger partial charge in [-0.2, -0.15) is 0 Å². The maximum Gasteiger partial charge on any atom is 0.315 e. The maximum atomic E-state index is 15.0. The Morgan fingerprint density at radius 2 is 1.22 bits per heavy atom. The molecule has 0 aromatic carbocycles. The zero-order valence-electron chi connectivity index (χ0n) is 39.9. The standard InChI is InChI=1S/C48H78O20/c1-20-9-12-48(43(62)68-42-38(61)35(58)32(55)26(66-42)18-63-40-36(59)33(56)30(53)24(16-49)64-40)14-13-46(5)22(29(48)21(20)2)7-8-28-44(3)15-23(52)39(45(4,19-51)27(44)10-11-47(28,46)6)67-41-37(60)34(57)31(54)25(17-50)65-41/h7,20-21,23-42,49-61H,8-19H2,1-6H3/t20-,21+,23-,24-,25+,26-,27+,28-,29-,30+,31-,32+,33+,34+,35+,36+,37+,38-,39-,40-,41+,42-,44+,45-,46+,47-,48-/m0/s1. The second kappa shape index (κ2) is 19.1. The molecule has 7 fully saturated rings. The molecular formula is C48H78O20. The van der Waals surface area contributed by atoms with Gasteiger partial charge < -0.3 is 94.8 Å². The Bertz CT molecular complexity index is 1840. The lowest BCUT2D eigenvalue weighted by Gasteiger charge is -2.72. The molecule has 4 saturated carbocycles. The van der Waals surface area contributed by atoms with Gasteiger partial charge in [-0.05, 0) is 97.2 Å². The van der Waals surface area contributed by atoms with Crippen molar-refractivity contribution in [1.82, 2.24) is 0 Å². The molecule has 3 saturated heterocycles. The summed E-state index contributed by atoms with van der Waals surface area (Å²) in [6.45, 7) is 10.7. The highest BCUT2D eigenvalue weighted by atomic mass is 16.7. The highest BCUT2D eigenvalue weighted by molar-refractivity contribution is 5.79. The van der Waals surface area contributed by atoms with Crippen molar-refractivity contribution in [2.45, 2.75) is 197 Å². The average molecular weight is 975 g/mol. The molecule has 13 N–H and O–H groups in total. The summed E-state index contributed by atoms with van der Waals surface area (Å²) in [6.07, 6.45) is -19.5. The Balaban J connectivity index is 1.04. The van der Waals surface area contributed by atoms with E-state index in [2.05, 4.69) is 40.7 Å². The van der Waals surface area contributed by atoms with Crippen molar-refractivity contribution < 1.29 is 99.6 Å². The third-order valence-electron chi connectivity index (χ3n) is 19.7. The zero-order valence-corrected chi connectivity index (χ0v) is 39.9. The Morgan fingerprint density at radius 1 is 0.662 bits per heavy atom. The van der Waals surface area contributed by atoms with Crippen LogP contribution in [0.4, 0.5) is 0 Å². The molecule has 5 aliphatic carbocycles. The summed E-state index contributed by atoms with van der Waals surface area (Å²) in [7, 11) is 0. The van der Waals surface area contributed by atoms with Gasteiger partial charge in [-0.25, -0.2) is 0 Å². The van der Waals surface area contributed by atoms with Crippen molar-refractivity contribution in [1.29, 1.82) is 0 Å². The van der Waals surface area contributed by atoms with Gasteiger partial charge in [-0.1, -0.05) is 53.2 Å². The normalized spacial score (nSPS) is 56.0. The van der Waals surface area contributed by atoms with Gasteiger partial charge in [-0.3, -0.25) is 4.79 Å². The highest BCUT2D eigenvalue weighted by Gasteiger charge is 2.72. The van der Waals surface area contributed by atoms with Gasteiger partial charge in [0.15, 0.2) is 12.6 Å². The smallest absolute Gasteiger partial charge is 0.315 e. The Hall–Kier alpha value is -1.51. The Kier molecular flexibility index (Phi) is 14.8. The first kappa shape index (κ1) is 52.8. The molecule has 27 atom stereocenters. The summed E-state index contributed by atoms with van der Waals surface area (Å²) < 4.78 is 35.1. The predicted octanol–water partition coefficient (Wildman–Crippen LogP) is -2.06. The lowest BCUT2D eigenvalue weighted by atomic mass is 9.33. The van der Waals surface area contributed by atoms with Crippen LogP contribution in [-0.4, -0.2) is 203 Å². The van der Waals surface area contributed by atoms with E-state index in [9.17, 15) is 66.4 Å². The second-order valence-corrected chi connectivity index (χ2v) is 22.9. The first-order valence-corrected chi connectivity index (χ1v) is 24.7. The number of fused-ring (bicyclic) bond motifs is 7. The number of carbonyl (C=O) groups excluding carboxylic acids is 1. The van der Waals surface area contributed by atoms with Crippen molar-refractivity contribution in [2.75, 3.05) is 26.4 Å². The van der Waals surface area contributed by atoms with Gasteiger partial charge >= 0.3 is 5.97 Å². The molecule has 20 heteroatoms. The lowest BCUT2D eigenvalue weighted by molar-refractivity contribution is -0.345. The van der Waals surface area contributed by atoms with Crippen LogP contribution in [0.3, 0.4) is 0 Å². The molecule has 0 radical (unpaired) electrons. The lowest BCUT2D eigenvalue weighted by Crippen LogP contribution is -2.69. The van der Waals surface area contributed by atoms with E-state index in [1.807, 2.05) is 6.92 Å². The van der Waals surface area contributed by atoms with E-state index in [0.29, 0.717) is 38.5 Å². The van der Waals surface area contributed by atoms with Gasteiger partial charge in [0.25, 0.3) is 0 Å². The van der Waals surface area contributed by atoms with Crippen LogP contribution < -0.4 is 0 Å². The third kappa shape index (κ3) is 7.98. The first-order valence-electron chi connectivity index (χ1n) is 24.7. The molecule has 68 heavy (non-hydrogen) atoms. The summed E-state index contributed by atoms with van der Waals surface area (Å²) in [4.78, 5) is 15.0. The summed E-state index contributed by atoms with van der Waals surface area (Å²) >= 11 is 0. The van der Waals surface area contributed by atoms with E-state index in [1.54, 1.807) is 0 Å². The number of allylic oxidation sites excluding steroid dienone is 2. The topological polar surface area (TPSA) is 335 Å². The zero-order chi connectivity index (χ0) is 49.8. The molecule has 8 rings (SSSR count). The van der Waals surface area contributed by atoms with Crippen LogP contribution in [0.1, 0.15) is 92.9 Å². The second-order valence-electron chi connectivity index (χ2n) is 22.9. The summed E-state index contributed by atoms with van der Waals surface area (Å²) in [5, 5.41) is 139. The van der Waals surface area contributed by atoms with Gasteiger partial charge in [-0.15, -0.1) is 0 Å². The predicted molar refractivity (Wildman–Crippen MR) is 233 cm³/mol. The summed E-state index contributed by atoms with van der Waals surface area (Å²) in [6, 6.07) is 0. The van der Waals surface area contributed by atoms with Crippen LogP contribution in [-0.2, 0) is 33.2 Å². The van der Waals surface area contributed by atoms with Crippen molar-refractivity contribution in [2.24, 2.45) is 56.7 Å². The van der Waals surface area contributed by atoms with Gasteiger partial charge in [0.2, 0.25) is 6.29 Å². The van der Waals surface area contributed by atoms with Crippen LogP contribution in [0.2, 0.25) is 0 Å². The van der Waals surface area contributed by atoms with E-state index in [0.717, 1.165) is 18.4 Å². The quantitative estimate of drug-likeness (QED) is 0.0636. The van der Waals surface area contributed by atoms with Crippen molar-refractivity contribution in [3.63, 3.8) is 0 Å². The maximum absolute atomic E-state index is 15.0. The van der Waals surface area contributed by atoms with Crippen LogP contribution in [0.15, 0.2) is 11.6 Å². The number of rotatable bonds is 10. The molecule has 20 nitrogen and oxygen atoms in total. The van der Waals surface area contributed by atoms with E-state index >= 15 is 4.79 Å². The minimum atomic E-state index is -1.84. The fraction of sp³-hybridized carbons (Fsp3) is 0.938. The molecule has 0 unspecified atom stereocenters. The Morgan fingerprint density at radius 3 is 1.82 bits per heavy atom. The van der Waals surface area contributed by atoms with Crippen molar-refractivity contribution in [3.05, 3.63) is 11.6 Å².